The summed E-state index contributed by atoms with van der Waals surface area (Å²) in [6, 6.07) is 1.95. The summed E-state index contributed by atoms with van der Waals surface area (Å²) in [4.78, 5) is 9.15. The number of nitrogen functional groups attached to an aromatic ring is 1. The number of aryl methyl sites for hydroxylation is 1. The molecule has 0 bridgehead atoms. The van der Waals surface area contributed by atoms with Gasteiger partial charge in [0, 0.05) is 18.7 Å². The molecule has 0 radical (unpaired) electrons. The minimum Gasteiger partial charge on any atom is -0.383 e. The minimum atomic E-state index is 0.568. The van der Waals surface area contributed by atoms with Gasteiger partial charge in [0.15, 0.2) is 5.82 Å². The minimum absolute atomic E-state index is 0.568. The van der Waals surface area contributed by atoms with E-state index in [1.54, 1.807) is 6.20 Å². The normalized spacial score (nSPS) is 14.8. The smallest absolute Gasteiger partial charge is 0.180 e. The molecular formula is C13H16IN5. The third-order valence-electron chi connectivity index (χ3n) is 3.25. The summed E-state index contributed by atoms with van der Waals surface area (Å²) in [6.45, 7) is 3.00. The number of nitrogens with two attached hydrogens (primary N) is 1. The first-order valence-corrected chi connectivity index (χ1v) is 7.63. The fourth-order valence-corrected chi connectivity index (χ4v) is 2.82. The zero-order valence-electron chi connectivity index (χ0n) is 10.8. The number of halogens is 1. The molecule has 1 aliphatic rings. The Morgan fingerprint density at radius 1 is 1.42 bits per heavy atom. The van der Waals surface area contributed by atoms with Crippen LogP contribution in [0, 0.1) is 3.57 Å². The molecule has 2 N–H and O–H groups in total. The molecule has 100 valence electrons. The zero-order valence-corrected chi connectivity index (χ0v) is 13.0. The van der Waals surface area contributed by atoms with Gasteiger partial charge >= 0.3 is 0 Å². The Kier molecular flexibility index (Phi) is 3.42. The van der Waals surface area contributed by atoms with E-state index in [0.29, 0.717) is 17.6 Å². The van der Waals surface area contributed by atoms with E-state index in [-0.39, 0.29) is 0 Å². The number of rotatable bonds is 4. The van der Waals surface area contributed by atoms with Crippen molar-refractivity contribution in [1.82, 2.24) is 19.7 Å². The van der Waals surface area contributed by atoms with Gasteiger partial charge in [-0.05, 0) is 47.9 Å². The second-order valence-corrected chi connectivity index (χ2v) is 5.92. The predicted molar refractivity (Wildman–Crippen MR) is 82.6 cm³/mol. The topological polar surface area (TPSA) is 69.6 Å². The number of hydrogen-bond donors (Lipinski definition) is 1. The Bertz CT molecular complexity index is 603. The van der Waals surface area contributed by atoms with Gasteiger partial charge in [-0.1, -0.05) is 6.92 Å². The summed E-state index contributed by atoms with van der Waals surface area (Å²) in [5.74, 6) is 1.85. The maximum absolute atomic E-state index is 6.03. The molecular weight excluding hydrogens is 353 g/mol. The molecule has 0 saturated heterocycles. The van der Waals surface area contributed by atoms with Crippen LogP contribution in [0.25, 0.3) is 11.5 Å². The van der Waals surface area contributed by atoms with E-state index in [2.05, 4.69) is 39.6 Å². The van der Waals surface area contributed by atoms with Crippen molar-refractivity contribution in [1.29, 1.82) is 0 Å². The van der Waals surface area contributed by atoms with Crippen LogP contribution in [0.15, 0.2) is 12.3 Å². The highest BCUT2D eigenvalue weighted by Crippen LogP contribution is 2.42. The Morgan fingerprint density at radius 2 is 2.21 bits per heavy atom. The van der Waals surface area contributed by atoms with Crippen molar-refractivity contribution in [2.75, 3.05) is 5.73 Å². The number of aromatic nitrogens is 4. The van der Waals surface area contributed by atoms with Gasteiger partial charge in [0.25, 0.3) is 0 Å². The largest absolute Gasteiger partial charge is 0.383 e. The van der Waals surface area contributed by atoms with Crippen molar-refractivity contribution in [2.24, 2.45) is 0 Å². The van der Waals surface area contributed by atoms with E-state index in [0.717, 1.165) is 27.9 Å². The summed E-state index contributed by atoms with van der Waals surface area (Å²) in [5.41, 5.74) is 8.08. The summed E-state index contributed by atoms with van der Waals surface area (Å²) in [5, 5.41) is 4.32. The van der Waals surface area contributed by atoms with Crippen LogP contribution in [-0.4, -0.2) is 19.7 Å². The van der Waals surface area contributed by atoms with Gasteiger partial charge in [0.1, 0.15) is 11.5 Å². The van der Waals surface area contributed by atoms with Crippen LogP contribution in [-0.2, 0) is 6.54 Å². The molecule has 0 aromatic carbocycles. The van der Waals surface area contributed by atoms with E-state index in [1.165, 1.54) is 12.8 Å². The van der Waals surface area contributed by atoms with Gasteiger partial charge in [-0.25, -0.2) is 9.97 Å². The molecule has 5 nitrogen and oxygen atoms in total. The molecule has 1 aliphatic carbocycles. The van der Waals surface area contributed by atoms with Crippen LogP contribution in [0.3, 0.4) is 0 Å². The Labute approximate surface area is 125 Å². The molecule has 2 heterocycles. The van der Waals surface area contributed by atoms with E-state index in [9.17, 15) is 0 Å². The lowest BCUT2D eigenvalue weighted by Crippen LogP contribution is -2.08. The third kappa shape index (κ3) is 2.45. The second-order valence-electron chi connectivity index (χ2n) is 4.85. The lowest BCUT2D eigenvalue weighted by atomic mass is 10.2. The molecule has 0 unspecified atom stereocenters. The number of hydrogen-bond acceptors (Lipinski definition) is 4. The van der Waals surface area contributed by atoms with Crippen molar-refractivity contribution in [3.05, 3.63) is 21.5 Å². The van der Waals surface area contributed by atoms with E-state index in [1.807, 2.05) is 10.7 Å². The Morgan fingerprint density at radius 3 is 2.89 bits per heavy atom. The highest BCUT2D eigenvalue weighted by Gasteiger charge is 2.29. The Balaban J connectivity index is 2.07. The first-order chi connectivity index (χ1) is 9.20. The first-order valence-electron chi connectivity index (χ1n) is 6.55. The Hall–Kier alpha value is -1.18. The van der Waals surface area contributed by atoms with Crippen LogP contribution < -0.4 is 5.73 Å². The maximum atomic E-state index is 6.03. The quantitative estimate of drug-likeness (QED) is 0.842. The molecule has 2 aromatic heterocycles. The lowest BCUT2D eigenvalue weighted by molar-refractivity contribution is 0.606. The molecule has 2 aromatic rings. The molecule has 3 rings (SSSR count). The van der Waals surface area contributed by atoms with Crippen molar-refractivity contribution in [2.45, 2.75) is 38.6 Å². The summed E-state index contributed by atoms with van der Waals surface area (Å²) in [7, 11) is 0. The first kappa shape index (κ1) is 12.8. The van der Waals surface area contributed by atoms with Gasteiger partial charge in [0.05, 0.1) is 9.26 Å². The van der Waals surface area contributed by atoms with Gasteiger partial charge in [-0.3, -0.25) is 4.68 Å². The molecule has 0 spiro atoms. The molecule has 1 saturated carbocycles. The fourth-order valence-electron chi connectivity index (χ4n) is 2.14. The van der Waals surface area contributed by atoms with Crippen LogP contribution >= 0.6 is 22.6 Å². The lowest BCUT2D eigenvalue weighted by Gasteiger charge is -2.09. The van der Waals surface area contributed by atoms with Gasteiger partial charge < -0.3 is 5.73 Å². The molecule has 0 atom stereocenters. The number of anilines is 1. The summed E-state index contributed by atoms with van der Waals surface area (Å²) in [6.07, 6.45) is 5.24. The average molecular weight is 369 g/mol. The fraction of sp³-hybridized carbons (Fsp3) is 0.462. The van der Waals surface area contributed by atoms with Crippen LogP contribution in [0.2, 0.25) is 0 Å². The predicted octanol–water partition coefficient (Wildman–Crippen LogP) is 2.81. The van der Waals surface area contributed by atoms with Crippen LogP contribution in [0.4, 0.5) is 5.82 Å². The van der Waals surface area contributed by atoms with Crippen molar-refractivity contribution < 1.29 is 0 Å². The average Bonchev–Trinajstić information content (AvgIpc) is 3.13. The van der Waals surface area contributed by atoms with Crippen LogP contribution in [0.1, 0.15) is 37.8 Å². The summed E-state index contributed by atoms with van der Waals surface area (Å²) >= 11 is 2.25. The molecule has 1 fully saturated rings. The van der Waals surface area contributed by atoms with E-state index in [4.69, 9.17) is 10.7 Å². The SMILES string of the molecule is CCCn1nccc1-c1nc(N)c(I)c(C2CC2)n1. The standard InChI is InChI=1S/C13H16IN5/c1-2-7-19-9(5-6-16-19)13-17-11(8-3-4-8)10(14)12(15)18-13/h5-6,8H,2-4,7H2,1H3,(H2,15,17,18). The maximum Gasteiger partial charge on any atom is 0.180 e. The molecule has 6 heteroatoms. The molecule has 19 heavy (non-hydrogen) atoms. The summed E-state index contributed by atoms with van der Waals surface area (Å²) < 4.78 is 2.95. The van der Waals surface area contributed by atoms with E-state index < -0.39 is 0 Å². The van der Waals surface area contributed by atoms with Gasteiger partial charge in [-0.2, -0.15) is 5.10 Å². The zero-order chi connectivity index (χ0) is 13.4. The highest BCUT2D eigenvalue weighted by molar-refractivity contribution is 14.1. The van der Waals surface area contributed by atoms with E-state index >= 15 is 0 Å². The van der Waals surface area contributed by atoms with Crippen LogP contribution in [0.5, 0.6) is 0 Å². The number of nitrogens with zero attached hydrogens (tertiary/aromatic N) is 4. The monoisotopic (exact) mass is 369 g/mol. The third-order valence-corrected chi connectivity index (χ3v) is 4.35. The van der Waals surface area contributed by atoms with Crippen molar-refractivity contribution in [3.63, 3.8) is 0 Å². The molecule has 0 amide bonds. The van der Waals surface area contributed by atoms with Gasteiger partial charge in [-0.15, -0.1) is 0 Å². The second kappa shape index (κ2) is 5.07. The highest BCUT2D eigenvalue weighted by atomic mass is 127. The molecule has 0 aliphatic heterocycles. The van der Waals surface area contributed by atoms with Crippen molar-refractivity contribution in [3.8, 4) is 11.5 Å². The van der Waals surface area contributed by atoms with Crippen molar-refractivity contribution >= 4 is 28.4 Å². The van der Waals surface area contributed by atoms with Gasteiger partial charge in [0.2, 0.25) is 0 Å².